The lowest BCUT2D eigenvalue weighted by Crippen LogP contribution is -2.27. The van der Waals surface area contributed by atoms with E-state index in [0.29, 0.717) is 6.42 Å². The van der Waals surface area contributed by atoms with E-state index < -0.39 is 21.9 Å². The van der Waals surface area contributed by atoms with Gasteiger partial charge in [0, 0.05) is 26.1 Å². The van der Waals surface area contributed by atoms with Crippen molar-refractivity contribution in [3.8, 4) is 0 Å². The Kier molecular flexibility index (Phi) is 4.90. The molecule has 0 bridgehead atoms. The zero-order chi connectivity index (χ0) is 15.5. The van der Waals surface area contributed by atoms with E-state index in [1.165, 1.54) is 18.9 Å². The van der Waals surface area contributed by atoms with Crippen molar-refractivity contribution >= 4 is 21.9 Å². The third-order valence-electron chi connectivity index (χ3n) is 2.62. The first-order valence-corrected chi connectivity index (χ1v) is 7.28. The summed E-state index contributed by atoms with van der Waals surface area (Å²) in [7, 11) is -2.47. The molecular weight excluding hydrogens is 288 g/mol. The molecule has 1 aromatic rings. The molecule has 0 aromatic carbocycles. The highest BCUT2D eigenvalue weighted by molar-refractivity contribution is 7.89. The van der Waals surface area contributed by atoms with E-state index in [0.717, 1.165) is 6.07 Å². The SMILES string of the molecule is Cc1oc(C(=O)N(C)CCCC(=O)O)cc1S(N)(=O)=O. The second kappa shape index (κ2) is 6.06. The summed E-state index contributed by atoms with van der Waals surface area (Å²) < 4.78 is 27.6. The molecule has 0 aliphatic carbocycles. The maximum Gasteiger partial charge on any atom is 0.303 e. The van der Waals surface area contributed by atoms with Gasteiger partial charge in [-0.15, -0.1) is 0 Å². The van der Waals surface area contributed by atoms with Crippen molar-refractivity contribution < 1.29 is 27.5 Å². The lowest BCUT2D eigenvalue weighted by Gasteiger charge is -2.14. The summed E-state index contributed by atoms with van der Waals surface area (Å²) >= 11 is 0. The number of sulfonamides is 1. The van der Waals surface area contributed by atoms with Crippen molar-refractivity contribution in [2.24, 2.45) is 5.14 Å². The lowest BCUT2D eigenvalue weighted by molar-refractivity contribution is -0.137. The van der Waals surface area contributed by atoms with Crippen LogP contribution >= 0.6 is 0 Å². The van der Waals surface area contributed by atoms with Crippen LogP contribution in [-0.2, 0) is 14.8 Å². The number of amides is 1. The number of aryl methyl sites for hydroxylation is 1. The fourth-order valence-electron chi connectivity index (χ4n) is 1.61. The summed E-state index contributed by atoms with van der Waals surface area (Å²) in [6, 6.07) is 1.07. The molecule has 0 unspecified atom stereocenters. The summed E-state index contributed by atoms with van der Waals surface area (Å²) in [5.74, 6) is -1.59. The van der Waals surface area contributed by atoms with Crippen LogP contribution in [0.3, 0.4) is 0 Å². The Labute approximate surface area is 116 Å². The molecule has 1 aromatic heterocycles. The third kappa shape index (κ3) is 4.07. The molecule has 1 amide bonds. The molecule has 3 N–H and O–H groups in total. The second-order valence-corrected chi connectivity index (χ2v) is 5.83. The topological polar surface area (TPSA) is 131 Å². The first kappa shape index (κ1) is 16.2. The van der Waals surface area contributed by atoms with Gasteiger partial charge in [-0.05, 0) is 13.3 Å². The van der Waals surface area contributed by atoms with Crippen LogP contribution < -0.4 is 5.14 Å². The van der Waals surface area contributed by atoms with E-state index in [-0.39, 0.29) is 29.4 Å². The number of carboxylic acid groups (broad SMARTS) is 1. The Bertz CT molecular complexity index is 619. The summed E-state index contributed by atoms with van der Waals surface area (Å²) in [5, 5.41) is 13.5. The average molecular weight is 304 g/mol. The number of nitrogens with two attached hydrogens (primary N) is 1. The predicted molar refractivity (Wildman–Crippen MR) is 68.6 cm³/mol. The highest BCUT2D eigenvalue weighted by atomic mass is 32.2. The fourth-order valence-corrected chi connectivity index (χ4v) is 2.32. The number of primary sulfonamides is 1. The number of carbonyl (C=O) groups excluding carboxylic acids is 1. The minimum Gasteiger partial charge on any atom is -0.481 e. The van der Waals surface area contributed by atoms with Crippen LogP contribution in [0.5, 0.6) is 0 Å². The van der Waals surface area contributed by atoms with E-state index in [1.54, 1.807) is 0 Å². The Morgan fingerprint density at radius 3 is 2.50 bits per heavy atom. The molecule has 0 aliphatic rings. The Morgan fingerprint density at radius 2 is 2.05 bits per heavy atom. The Hall–Kier alpha value is -1.87. The van der Waals surface area contributed by atoms with Gasteiger partial charge in [-0.25, -0.2) is 13.6 Å². The molecule has 0 atom stereocenters. The fraction of sp³-hybridized carbons (Fsp3) is 0.455. The highest BCUT2D eigenvalue weighted by Crippen LogP contribution is 2.19. The Morgan fingerprint density at radius 1 is 1.45 bits per heavy atom. The molecule has 9 heteroatoms. The minimum atomic E-state index is -3.94. The zero-order valence-electron chi connectivity index (χ0n) is 11.1. The number of rotatable bonds is 6. The van der Waals surface area contributed by atoms with Crippen LogP contribution in [0, 0.1) is 6.92 Å². The lowest BCUT2D eigenvalue weighted by atomic mass is 10.3. The van der Waals surface area contributed by atoms with Crippen LogP contribution in [0.1, 0.15) is 29.2 Å². The van der Waals surface area contributed by atoms with E-state index in [1.807, 2.05) is 0 Å². The average Bonchev–Trinajstić information content (AvgIpc) is 2.69. The molecule has 0 saturated heterocycles. The van der Waals surface area contributed by atoms with Gasteiger partial charge in [-0.3, -0.25) is 9.59 Å². The van der Waals surface area contributed by atoms with Crippen molar-refractivity contribution in [2.45, 2.75) is 24.7 Å². The number of aliphatic carboxylic acids is 1. The van der Waals surface area contributed by atoms with E-state index in [4.69, 9.17) is 14.7 Å². The molecule has 0 radical (unpaired) electrons. The van der Waals surface area contributed by atoms with Gasteiger partial charge in [0.1, 0.15) is 10.7 Å². The van der Waals surface area contributed by atoms with Crippen molar-refractivity contribution in [1.29, 1.82) is 0 Å². The van der Waals surface area contributed by atoms with E-state index >= 15 is 0 Å². The molecule has 112 valence electrons. The first-order chi connectivity index (χ1) is 9.12. The van der Waals surface area contributed by atoms with Gasteiger partial charge in [0.05, 0.1) is 0 Å². The second-order valence-electron chi connectivity index (χ2n) is 4.30. The molecule has 0 saturated carbocycles. The summed E-state index contributed by atoms with van der Waals surface area (Å²) in [6.07, 6.45) is 0.233. The molecule has 0 aliphatic heterocycles. The number of hydrogen-bond acceptors (Lipinski definition) is 5. The van der Waals surface area contributed by atoms with Gasteiger partial charge in [0.2, 0.25) is 10.0 Å². The van der Waals surface area contributed by atoms with Gasteiger partial charge < -0.3 is 14.4 Å². The van der Waals surface area contributed by atoms with Crippen molar-refractivity contribution in [3.05, 3.63) is 17.6 Å². The normalized spacial score (nSPS) is 11.3. The summed E-state index contributed by atoms with van der Waals surface area (Å²) in [4.78, 5) is 23.4. The monoisotopic (exact) mass is 304 g/mol. The van der Waals surface area contributed by atoms with Crippen LogP contribution in [0.25, 0.3) is 0 Å². The van der Waals surface area contributed by atoms with Gasteiger partial charge in [-0.1, -0.05) is 0 Å². The first-order valence-electron chi connectivity index (χ1n) is 5.73. The maximum atomic E-state index is 12.0. The zero-order valence-corrected chi connectivity index (χ0v) is 11.9. The maximum absolute atomic E-state index is 12.0. The number of furan rings is 1. The minimum absolute atomic E-state index is 0.0368. The number of carboxylic acids is 1. The van der Waals surface area contributed by atoms with Gasteiger partial charge in [0.15, 0.2) is 5.76 Å². The third-order valence-corrected chi connectivity index (χ3v) is 3.64. The molecule has 1 rings (SSSR count). The van der Waals surface area contributed by atoms with Crippen molar-refractivity contribution in [1.82, 2.24) is 4.90 Å². The molecule has 8 nitrogen and oxygen atoms in total. The molecular formula is C11H16N2O6S. The summed E-state index contributed by atoms with van der Waals surface area (Å²) in [5.41, 5.74) is 0. The van der Waals surface area contributed by atoms with Crippen LogP contribution in [-0.4, -0.2) is 43.9 Å². The highest BCUT2D eigenvalue weighted by Gasteiger charge is 2.23. The van der Waals surface area contributed by atoms with Gasteiger partial charge in [-0.2, -0.15) is 0 Å². The van der Waals surface area contributed by atoms with Gasteiger partial charge in [0.25, 0.3) is 5.91 Å². The molecule has 1 heterocycles. The van der Waals surface area contributed by atoms with E-state index in [9.17, 15) is 18.0 Å². The number of carbonyl (C=O) groups is 2. The van der Waals surface area contributed by atoms with Gasteiger partial charge >= 0.3 is 5.97 Å². The smallest absolute Gasteiger partial charge is 0.303 e. The molecule has 0 fully saturated rings. The molecule has 0 spiro atoms. The van der Waals surface area contributed by atoms with Crippen LogP contribution in [0.15, 0.2) is 15.4 Å². The largest absolute Gasteiger partial charge is 0.481 e. The van der Waals surface area contributed by atoms with Crippen LogP contribution in [0.4, 0.5) is 0 Å². The standard InChI is InChI=1S/C11H16N2O6S/c1-7-9(20(12,17)18)6-8(19-7)11(16)13(2)5-3-4-10(14)15/h6H,3-5H2,1-2H3,(H,14,15)(H2,12,17,18). The number of nitrogens with zero attached hydrogens (tertiary/aromatic N) is 1. The van der Waals surface area contributed by atoms with Crippen LogP contribution in [0.2, 0.25) is 0 Å². The summed E-state index contributed by atoms with van der Waals surface area (Å²) in [6.45, 7) is 1.61. The molecule has 20 heavy (non-hydrogen) atoms. The van der Waals surface area contributed by atoms with Crippen molar-refractivity contribution in [2.75, 3.05) is 13.6 Å². The quantitative estimate of drug-likeness (QED) is 0.770. The van der Waals surface area contributed by atoms with Crippen molar-refractivity contribution in [3.63, 3.8) is 0 Å². The van der Waals surface area contributed by atoms with E-state index in [2.05, 4.69) is 0 Å². The number of hydrogen-bond donors (Lipinski definition) is 2. The predicted octanol–water partition coefficient (Wildman–Crippen LogP) is 0.172. The Balaban J connectivity index is 2.80.